The molecule has 3 nitrogen and oxygen atoms in total. The third-order valence-corrected chi connectivity index (χ3v) is 2.72. The van der Waals surface area contributed by atoms with Crippen LogP contribution in [0.1, 0.15) is 21.5 Å². The predicted octanol–water partition coefficient (Wildman–Crippen LogP) is 2.85. The van der Waals surface area contributed by atoms with E-state index in [4.69, 9.17) is 5.73 Å². The lowest BCUT2D eigenvalue weighted by atomic mass is 10.1. The molecule has 19 heavy (non-hydrogen) atoms. The number of nitrogens with one attached hydrogen (secondary N) is 1. The molecular formula is C15H15FN2O. The summed E-state index contributed by atoms with van der Waals surface area (Å²) >= 11 is 0. The van der Waals surface area contributed by atoms with E-state index < -0.39 is 5.82 Å². The molecule has 98 valence electrons. The van der Waals surface area contributed by atoms with E-state index in [2.05, 4.69) is 5.32 Å². The van der Waals surface area contributed by atoms with Crippen molar-refractivity contribution in [3.8, 4) is 0 Å². The number of amides is 1. The zero-order valence-electron chi connectivity index (χ0n) is 10.6. The highest BCUT2D eigenvalue weighted by Gasteiger charge is 2.08. The largest absolute Gasteiger partial charge is 0.326 e. The maximum atomic E-state index is 13.2. The number of anilines is 1. The molecule has 0 aliphatic heterocycles. The van der Waals surface area contributed by atoms with Crippen molar-refractivity contribution in [1.82, 2.24) is 0 Å². The number of carbonyl (C=O) groups excluding carboxylic acids is 1. The molecule has 0 fully saturated rings. The maximum absolute atomic E-state index is 13.2. The summed E-state index contributed by atoms with van der Waals surface area (Å²) in [6.45, 7) is 2.15. The van der Waals surface area contributed by atoms with Crippen LogP contribution in [-0.2, 0) is 6.54 Å². The molecule has 0 atom stereocenters. The van der Waals surface area contributed by atoms with E-state index in [0.29, 0.717) is 23.4 Å². The quantitative estimate of drug-likeness (QED) is 0.889. The minimum atomic E-state index is -0.416. The normalized spacial score (nSPS) is 10.3. The zero-order chi connectivity index (χ0) is 13.8. The Morgan fingerprint density at radius 1 is 1.26 bits per heavy atom. The first-order valence-electron chi connectivity index (χ1n) is 5.96. The standard InChI is InChI=1S/C15H15FN2O/c1-10-5-12(8-13(16)6-10)15(19)18-14-4-2-3-11(7-14)9-17/h2-8H,9,17H2,1H3,(H,18,19). The summed E-state index contributed by atoms with van der Waals surface area (Å²) in [5.74, 6) is -0.752. The molecule has 0 aliphatic carbocycles. The molecule has 0 saturated heterocycles. The third kappa shape index (κ3) is 3.39. The van der Waals surface area contributed by atoms with E-state index in [9.17, 15) is 9.18 Å². The summed E-state index contributed by atoms with van der Waals surface area (Å²) in [6, 6.07) is 11.5. The lowest BCUT2D eigenvalue weighted by Gasteiger charge is -2.07. The number of aryl methyl sites for hydroxylation is 1. The molecule has 4 heteroatoms. The second-order valence-corrected chi connectivity index (χ2v) is 4.38. The van der Waals surface area contributed by atoms with E-state index in [1.165, 1.54) is 12.1 Å². The second-order valence-electron chi connectivity index (χ2n) is 4.38. The van der Waals surface area contributed by atoms with Crippen molar-refractivity contribution in [2.45, 2.75) is 13.5 Å². The van der Waals surface area contributed by atoms with E-state index >= 15 is 0 Å². The van der Waals surface area contributed by atoms with Gasteiger partial charge in [-0.1, -0.05) is 12.1 Å². The first-order valence-corrected chi connectivity index (χ1v) is 5.96. The van der Waals surface area contributed by atoms with Crippen LogP contribution in [0.4, 0.5) is 10.1 Å². The van der Waals surface area contributed by atoms with Gasteiger partial charge in [0, 0.05) is 17.8 Å². The molecule has 0 bridgehead atoms. The van der Waals surface area contributed by atoms with Gasteiger partial charge in [0.25, 0.3) is 5.91 Å². The molecule has 2 aromatic rings. The van der Waals surface area contributed by atoms with Crippen molar-refractivity contribution in [2.24, 2.45) is 5.73 Å². The van der Waals surface area contributed by atoms with Crippen LogP contribution in [0.15, 0.2) is 42.5 Å². The highest BCUT2D eigenvalue weighted by molar-refractivity contribution is 6.04. The predicted molar refractivity (Wildman–Crippen MR) is 73.4 cm³/mol. The molecule has 0 heterocycles. The number of benzene rings is 2. The summed E-state index contributed by atoms with van der Waals surface area (Å²) in [5, 5.41) is 2.73. The number of hydrogen-bond acceptors (Lipinski definition) is 2. The molecule has 0 saturated carbocycles. The summed E-state index contributed by atoms with van der Waals surface area (Å²) in [7, 11) is 0. The Morgan fingerprint density at radius 2 is 2.05 bits per heavy atom. The minimum Gasteiger partial charge on any atom is -0.326 e. The highest BCUT2D eigenvalue weighted by Crippen LogP contribution is 2.14. The number of halogens is 1. The molecule has 0 unspecified atom stereocenters. The van der Waals surface area contributed by atoms with Gasteiger partial charge in [0.1, 0.15) is 5.82 Å². The van der Waals surface area contributed by atoms with Crippen LogP contribution in [0.5, 0.6) is 0 Å². The van der Waals surface area contributed by atoms with Gasteiger partial charge in [-0.2, -0.15) is 0 Å². The highest BCUT2D eigenvalue weighted by atomic mass is 19.1. The first-order chi connectivity index (χ1) is 9.08. The van der Waals surface area contributed by atoms with Gasteiger partial charge in [-0.15, -0.1) is 0 Å². The van der Waals surface area contributed by atoms with Gasteiger partial charge in [0.15, 0.2) is 0 Å². The molecule has 1 amide bonds. The monoisotopic (exact) mass is 258 g/mol. The summed E-state index contributed by atoms with van der Waals surface area (Å²) < 4.78 is 13.2. The summed E-state index contributed by atoms with van der Waals surface area (Å²) in [5.41, 5.74) is 8.12. The molecule has 0 spiro atoms. The average Bonchev–Trinajstić information content (AvgIpc) is 2.37. The van der Waals surface area contributed by atoms with Crippen LogP contribution in [0.3, 0.4) is 0 Å². The Labute approximate surface area is 111 Å². The average molecular weight is 258 g/mol. The molecule has 2 aromatic carbocycles. The SMILES string of the molecule is Cc1cc(F)cc(C(=O)Nc2cccc(CN)c2)c1. The number of hydrogen-bond donors (Lipinski definition) is 2. The number of nitrogens with two attached hydrogens (primary N) is 1. The summed E-state index contributed by atoms with van der Waals surface area (Å²) in [6.07, 6.45) is 0. The van der Waals surface area contributed by atoms with Crippen molar-refractivity contribution in [2.75, 3.05) is 5.32 Å². The van der Waals surface area contributed by atoms with Gasteiger partial charge in [0.2, 0.25) is 0 Å². The minimum absolute atomic E-state index is 0.302. The Hall–Kier alpha value is -2.20. The number of rotatable bonds is 3. The fourth-order valence-electron chi connectivity index (χ4n) is 1.85. The molecule has 0 radical (unpaired) electrons. The van der Waals surface area contributed by atoms with Crippen molar-refractivity contribution in [3.05, 3.63) is 65.0 Å². The third-order valence-electron chi connectivity index (χ3n) is 2.72. The fraction of sp³-hybridized carbons (Fsp3) is 0.133. The molecular weight excluding hydrogens is 243 g/mol. The molecule has 0 aliphatic rings. The maximum Gasteiger partial charge on any atom is 0.255 e. The molecule has 3 N–H and O–H groups in total. The second kappa shape index (κ2) is 5.63. The van der Waals surface area contributed by atoms with Crippen molar-refractivity contribution in [3.63, 3.8) is 0 Å². The van der Waals surface area contributed by atoms with Crippen molar-refractivity contribution < 1.29 is 9.18 Å². The van der Waals surface area contributed by atoms with Crippen LogP contribution in [0.2, 0.25) is 0 Å². The van der Waals surface area contributed by atoms with Crippen LogP contribution < -0.4 is 11.1 Å². The van der Waals surface area contributed by atoms with Gasteiger partial charge in [0.05, 0.1) is 0 Å². The van der Waals surface area contributed by atoms with E-state index in [1.807, 2.05) is 12.1 Å². The van der Waals surface area contributed by atoms with Crippen LogP contribution >= 0.6 is 0 Å². The van der Waals surface area contributed by atoms with Gasteiger partial charge in [-0.25, -0.2) is 4.39 Å². The van der Waals surface area contributed by atoms with Gasteiger partial charge in [-0.05, 0) is 48.4 Å². The van der Waals surface area contributed by atoms with Gasteiger partial charge >= 0.3 is 0 Å². The van der Waals surface area contributed by atoms with E-state index in [1.54, 1.807) is 25.1 Å². The van der Waals surface area contributed by atoms with Crippen LogP contribution in [0.25, 0.3) is 0 Å². The molecule has 0 aromatic heterocycles. The Kier molecular flexibility index (Phi) is 3.92. The van der Waals surface area contributed by atoms with E-state index in [0.717, 1.165) is 5.56 Å². The number of carbonyl (C=O) groups is 1. The van der Waals surface area contributed by atoms with Crippen molar-refractivity contribution in [1.29, 1.82) is 0 Å². The van der Waals surface area contributed by atoms with E-state index in [-0.39, 0.29) is 5.91 Å². The molecule has 2 rings (SSSR count). The van der Waals surface area contributed by atoms with Crippen LogP contribution in [-0.4, -0.2) is 5.91 Å². The fourth-order valence-corrected chi connectivity index (χ4v) is 1.85. The van der Waals surface area contributed by atoms with Gasteiger partial charge < -0.3 is 11.1 Å². The Balaban J connectivity index is 2.20. The lowest BCUT2D eigenvalue weighted by molar-refractivity contribution is 0.102. The lowest BCUT2D eigenvalue weighted by Crippen LogP contribution is -2.12. The zero-order valence-corrected chi connectivity index (χ0v) is 10.6. The Bertz CT molecular complexity index is 591. The van der Waals surface area contributed by atoms with Crippen molar-refractivity contribution >= 4 is 11.6 Å². The van der Waals surface area contributed by atoms with Crippen LogP contribution in [0, 0.1) is 12.7 Å². The smallest absolute Gasteiger partial charge is 0.255 e. The first kappa shape index (κ1) is 13.2. The van der Waals surface area contributed by atoms with Gasteiger partial charge in [-0.3, -0.25) is 4.79 Å². The topological polar surface area (TPSA) is 55.1 Å². The summed E-state index contributed by atoms with van der Waals surface area (Å²) in [4.78, 5) is 12.0. The Morgan fingerprint density at radius 3 is 2.74 bits per heavy atom.